The van der Waals surface area contributed by atoms with Gasteiger partial charge in [-0.3, -0.25) is 4.79 Å². The van der Waals surface area contributed by atoms with Gasteiger partial charge in [0.15, 0.2) is 11.5 Å². The Bertz CT molecular complexity index is 1570. The summed E-state index contributed by atoms with van der Waals surface area (Å²) in [5.41, 5.74) is 5.62. The minimum atomic E-state index is -0.435. The standard InChI is InChI=1S/C31H25Cl2N3O4/c1-2-38-30-15-21(11-14-29(30)40-19-23-8-4-3-7-22(23)17-34)18-35-36-31(37)26-9-5-6-10-28(26)39-20-24-12-13-25(32)16-27(24)33/h3-16,18H,2,19-20H2,1H3,(H,36,37)/b35-18-. The molecule has 7 nitrogen and oxygen atoms in total. The van der Waals surface area contributed by atoms with Gasteiger partial charge in [-0.05, 0) is 61.0 Å². The lowest BCUT2D eigenvalue weighted by atomic mass is 10.1. The molecule has 0 unspecified atom stereocenters. The summed E-state index contributed by atoms with van der Waals surface area (Å²) >= 11 is 12.2. The van der Waals surface area contributed by atoms with E-state index in [2.05, 4.69) is 16.6 Å². The van der Waals surface area contributed by atoms with Crippen molar-refractivity contribution >= 4 is 35.3 Å². The van der Waals surface area contributed by atoms with Crippen molar-refractivity contribution in [3.05, 3.63) is 123 Å². The molecule has 0 fully saturated rings. The molecular weight excluding hydrogens is 549 g/mol. The molecule has 9 heteroatoms. The highest BCUT2D eigenvalue weighted by Gasteiger charge is 2.13. The highest BCUT2D eigenvalue weighted by atomic mass is 35.5. The van der Waals surface area contributed by atoms with Crippen LogP contribution in [0.4, 0.5) is 0 Å². The molecule has 0 aliphatic rings. The van der Waals surface area contributed by atoms with Crippen LogP contribution in [0.15, 0.2) is 90.0 Å². The predicted octanol–water partition coefficient (Wildman–Crippen LogP) is 7.19. The SMILES string of the molecule is CCOc1cc(/C=N\NC(=O)c2ccccc2OCc2ccc(Cl)cc2Cl)ccc1OCc1ccccc1C#N. The lowest BCUT2D eigenvalue weighted by molar-refractivity contribution is 0.0950. The van der Waals surface area contributed by atoms with Crippen molar-refractivity contribution in [3.63, 3.8) is 0 Å². The van der Waals surface area contributed by atoms with Crippen molar-refractivity contribution in [2.24, 2.45) is 5.10 Å². The Balaban J connectivity index is 1.41. The lowest BCUT2D eigenvalue weighted by Crippen LogP contribution is -2.18. The second-order valence-electron chi connectivity index (χ2n) is 8.42. The van der Waals surface area contributed by atoms with E-state index in [9.17, 15) is 10.1 Å². The third kappa shape index (κ3) is 7.54. The number of nitriles is 1. The molecule has 0 bridgehead atoms. The maximum atomic E-state index is 12.9. The quantitative estimate of drug-likeness (QED) is 0.151. The van der Waals surface area contributed by atoms with E-state index in [1.54, 1.807) is 66.7 Å². The molecule has 0 atom stereocenters. The summed E-state index contributed by atoms with van der Waals surface area (Å²) in [4.78, 5) is 12.9. The number of carbonyl (C=O) groups excluding carboxylic acids is 1. The van der Waals surface area contributed by atoms with Crippen LogP contribution in [0, 0.1) is 11.3 Å². The summed E-state index contributed by atoms with van der Waals surface area (Å²) in [5.74, 6) is 1.00. The molecule has 4 aromatic rings. The zero-order valence-electron chi connectivity index (χ0n) is 21.6. The zero-order chi connectivity index (χ0) is 28.3. The van der Waals surface area contributed by atoms with Crippen LogP contribution in [-0.2, 0) is 13.2 Å². The van der Waals surface area contributed by atoms with Crippen molar-refractivity contribution in [1.82, 2.24) is 5.43 Å². The van der Waals surface area contributed by atoms with E-state index in [-0.39, 0.29) is 13.2 Å². The highest BCUT2D eigenvalue weighted by Crippen LogP contribution is 2.29. The molecular formula is C31H25Cl2N3O4. The summed E-state index contributed by atoms with van der Waals surface area (Å²) in [6.07, 6.45) is 1.51. The second-order valence-corrected chi connectivity index (χ2v) is 9.26. The first-order chi connectivity index (χ1) is 19.5. The number of benzene rings is 4. The number of hydrazone groups is 1. The molecule has 0 aromatic heterocycles. The molecule has 0 saturated carbocycles. The molecule has 1 N–H and O–H groups in total. The maximum absolute atomic E-state index is 12.9. The lowest BCUT2D eigenvalue weighted by Gasteiger charge is -2.13. The molecule has 1 amide bonds. The van der Waals surface area contributed by atoms with Crippen LogP contribution in [0.25, 0.3) is 0 Å². The third-order valence-electron chi connectivity index (χ3n) is 5.70. The number of para-hydroxylation sites is 1. The van der Waals surface area contributed by atoms with Gasteiger partial charge in [0, 0.05) is 21.2 Å². The van der Waals surface area contributed by atoms with Gasteiger partial charge in [-0.15, -0.1) is 0 Å². The molecule has 0 aliphatic carbocycles. The number of hydrogen-bond acceptors (Lipinski definition) is 6. The average Bonchev–Trinajstić information content (AvgIpc) is 2.96. The molecule has 0 spiro atoms. The predicted molar refractivity (Wildman–Crippen MR) is 155 cm³/mol. The fourth-order valence-corrected chi connectivity index (χ4v) is 4.17. The number of ether oxygens (including phenoxy) is 3. The van der Waals surface area contributed by atoms with Crippen LogP contribution in [0.3, 0.4) is 0 Å². The summed E-state index contributed by atoms with van der Waals surface area (Å²) in [5, 5.41) is 14.4. The Labute approximate surface area is 242 Å². The summed E-state index contributed by atoms with van der Waals surface area (Å²) in [7, 11) is 0. The van der Waals surface area contributed by atoms with Gasteiger partial charge in [0.2, 0.25) is 0 Å². The van der Waals surface area contributed by atoms with Crippen LogP contribution in [-0.4, -0.2) is 18.7 Å². The van der Waals surface area contributed by atoms with E-state index in [0.717, 1.165) is 11.1 Å². The van der Waals surface area contributed by atoms with E-state index >= 15 is 0 Å². The number of nitrogens with zero attached hydrogens (tertiary/aromatic N) is 2. The van der Waals surface area contributed by atoms with Crippen LogP contribution < -0.4 is 19.6 Å². The van der Waals surface area contributed by atoms with Crippen molar-refractivity contribution in [3.8, 4) is 23.3 Å². The van der Waals surface area contributed by atoms with E-state index in [4.69, 9.17) is 37.4 Å². The average molecular weight is 574 g/mol. The molecule has 4 aromatic carbocycles. The maximum Gasteiger partial charge on any atom is 0.275 e. The molecule has 0 saturated heterocycles. The molecule has 40 heavy (non-hydrogen) atoms. The number of amides is 1. The summed E-state index contributed by atoms with van der Waals surface area (Å²) in [6.45, 7) is 2.69. The Morgan fingerprint density at radius 2 is 1.62 bits per heavy atom. The van der Waals surface area contributed by atoms with Gasteiger partial charge in [0.05, 0.1) is 30.0 Å². The van der Waals surface area contributed by atoms with E-state index < -0.39 is 5.91 Å². The van der Waals surface area contributed by atoms with Gasteiger partial charge in [-0.25, -0.2) is 5.43 Å². The van der Waals surface area contributed by atoms with Crippen LogP contribution >= 0.6 is 23.2 Å². The van der Waals surface area contributed by atoms with Crippen LogP contribution in [0.2, 0.25) is 10.0 Å². The summed E-state index contributed by atoms with van der Waals surface area (Å²) < 4.78 is 17.5. The van der Waals surface area contributed by atoms with Gasteiger partial charge in [-0.2, -0.15) is 10.4 Å². The van der Waals surface area contributed by atoms with Crippen molar-refractivity contribution in [2.75, 3.05) is 6.61 Å². The molecule has 0 heterocycles. The van der Waals surface area contributed by atoms with Crippen molar-refractivity contribution in [1.29, 1.82) is 5.26 Å². The van der Waals surface area contributed by atoms with Crippen molar-refractivity contribution < 1.29 is 19.0 Å². The fraction of sp³-hybridized carbons (Fsp3) is 0.129. The smallest absolute Gasteiger partial charge is 0.275 e. The number of rotatable bonds is 11. The van der Waals surface area contributed by atoms with Gasteiger partial charge in [-0.1, -0.05) is 59.6 Å². The molecule has 0 radical (unpaired) electrons. The minimum absolute atomic E-state index is 0.167. The third-order valence-corrected chi connectivity index (χ3v) is 6.29. The van der Waals surface area contributed by atoms with Gasteiger partial charge >= 0.3 is 0 Å². The van der Waals surface area contributed by atoms with Crippen LogP contribution in [0.1, 0.15) is 39.5 Å². The zero-order valence-corrected chi connectivity index (χ0v) is 23.1. The number of hydrogen-bond donors (Lipinski definition) is 1. The number of halogens is 2. The molecule has 0 aliphatic heterocycles. The minimum Gasteiger partial charge on any atom is -0.490 e. The highest BCUT2D eigenvalue weighted by molar-refractivity contribution is 6.35. The van der Waals surface area contributed by atoms with Gasteiger partial charge in [0.25, 0.3) is 5.91 Å². The molecule has 202 valence electrons. The topological polar surface area (TPSA) is 92.9 Å². The summed E-state index contributed by atoms with van der Waals surface area (Å²) in [6, 6.07) is 26.7. The Morgan fingerprint density at radius 1 is 0.875 bits per heavy atom. The number of carbonyl (C=O) groups is 1. The molecule has 4 rings (SSSR count). The Kier molecular flexibility index (Phi) is 10.0. The second kappa shape index (κ2) is 14.0. The number of nitrogens with one attached hydrogen (secondary N) is 1. The fourth-order valence-electron chi connectivity index (χ4n) is 3.70. The monoisotopic (exact) mass is 573 g/mol. The van der Waals surface area contributed by atoms with E-state index in [1.165, 1.54) is 6.21 Å². The van der Waals surface area contributed by atoms with E-state index in [0.29, 0.717) is 50.6 Å². The first kappa shape index (κ1) is 28.5. The first-order valence-electron chi connectivity index (χ1n) is 12.3. The Hall–Kier alpha value is -4.51. The normalized spacial score (nSPS) is 10.7. The van der Waals surface area contributed by atoms with Crippen molar-refractivity contribution in [2.45, 2.75) is 20.1 Å². The van der Waals surface area contributed by atoms with E-state index in [1.807, 2.05) is 25.1 Å². The first-order valence-corrected chi connectivity index (χ1v) is 13.1. The van der Waals surface area contributed by atoms with Gasteiger partial charge in [0.1, 0.15) is 19.0 Å². The largest absolute Gasteiger partial charge is 0.490 e. The van der Waals surface area contributed by atoms with Crippen LogP contribution in [0.5, 0.6) is 17.2 Å². The Morgan fingerprint density at radius 3 is 2.42 bits per heavy atom. The van der Waals surface area contributed by atoms with Gasteiger partial charge < -0.3 is 14.2 Å².